The second kappa shape index (κ2) is 6.26. The van der Waals surface area contributed by atoms with Gasteiger partial charge in [-0.3, -0.25) is 19.8 Å². The Morgan fingerprint density at radius 3 is 2.71 bits per heavy atom. The summed E-state index contributed by atoms with van der Waals surface area (Å²) in [6, 6.07) is 5.63. The Hall–Kier alpha value is -1.78. The van der Waals surface area contributed by atoms with E-state index in [4.69, 9.17) is 12.2 Å². The van der Waals surface area contributed by atoms with Gasteiger partial charge in [-0.1, -0.05) is 36.1 Å². The summed E-state index contributed by atoms with van der Waals surface area (Å²) in [5.41, 5.74) is 0.202. The van der Waals surface area contributed by atoms with Crippen molar-refractivity contribution in [3.63, 3.8) is 0 Å². The highest BCUT2D eigenvalue weighted by Crippen LogP contribution is 2.37. The Bertz CT molecular complexity index is 878. The number of thioether (sulfide) groups is 1. The van der Waals surface area contributed by atoms with Gasteiger partial charge in [0.15, 0.2) is 9.84 Å². The van der Waals surface area contributed by atoms with Gasteiger partial charge in [0.05, 0.1) is 32.9 Å². The molecule has 0 bridgehead atoms. The minimum atomic E-state index is -3.15. The Morgan fingerprint density at radius 1 is 1.38 bits per heavy atom. The zero-order chi connectivity index (χ0) is 17.5. The third kappa shape index (κ3) is 3.21. The molecule has 1 atom stereocenters. The first-order valence-electron chi connectivity index (χ1n) is 6.99. The molecule has 126 valence electrons. The fourth-order valence-corrected chi connectivity index (χ4v) is 5.78. The largest absolute Gasteiger partial charge is 0.289 e. The van der Waals surface area contributed by atoms with E-state index >= 15 is 0 Å². The average molecular weight is 384 g/mol. The highest BCUT2D eigenvalue weighted by atomic mass is 32.2. The number of rotatable bonds is 3. The molecule has 2 fully saturated rings. The van der Waals surface area contributed by atoms with Crippen LogP contribution in [0.1, 0.15) is 12.0 Å². The summed E-state index contributed by atoms with van der Waals surface area (Å²) in [6.45, 7) is 0. The summed E-state index contributed by atoms with van der Waals surface area (Å²) < 4.78 is 23.5. The molecule has 0 aliphatic carbocycles. The third-order valence-corrected chi connectivity index (χ3v) is 6.90. The number of carbonyl (C=O) groups excluding carboxylic acids is 1. The fourth-order valence-electron chi connectivity index (χ4n) is 2.69. The molecule has 2 aliphatic rings. The van der Waals surface area contributed by atoms with Crippen molar-refractivity contribution in [1.82, 2.24) is 4.90 Å². The molecular weight excluding hydrogens is 372 g/mol. The van der Waals surface area contributed by atoms with E-state index in [1.165, 1.54) is 17.0 Å². The lowest BCUT2D eigenvalue weighted by Crippen LogP contribution is -2.39. The molecule has 10 heteroatoms. The van der Waals surface area contributed by atoms with Gasteiger partial charge in [-0.15, -0.1) is 0 Å². The van der Waals surface area contributed by atoms with Crippen LogP contribution in [0.15, 0.2) is 29.2 Å². The second-order valence-electron chi connectivity index (χ2n) is 5.42. The quantitative estimate of drug-likeness (QED) is 0.340. The van der Waals surface area contributed by atoms with E-state index in [1.807, 2.05) is 0 Å². The van der Waals surface area contributed by atoms with E-state index in [-0.39, 0.29) is 26.4 Å². The van der Waals surface area contributed by atoms with E-state index in [2.05, 4.69) is 0 Å². The van der Waals surface area contributed by atoms with Crippen molar-refractivity contribution in [3.05, 3.63) is 44.8 Å². The molecule has 2 aliphatic heterocycles. The van der Waals surface area contributed by atoms with Crippen LogP contribution in [-0.2, 0) is 14.6 Å². The van der Waals surface area contributed by atoms with Crippen molar-refractivity contribution in [3.8, 4) is 0 Å². The van der Waals surface area contributed by atoms with E-state index in [0.717, 1.165) is 11.8 Å². The monoisotopic (exact) mass is 384 g/mol. The SMILES string of the molecule is O=C1/C(=C/c2ccccc2[N+](=O)[O-])SC(=S)N1[C@@H]1CCS(=O)(=O)C1. The molecule has 1 amide bonds. The zero-order valence-electron chi connectivity index (χ0n) is 12.2. The van der Waals surface area contributed by atoms with Crippen LogP contribution < -0.4 is 0 Å². The van der Waals surface area contributed by atoms with Crippen molar-refractivity contribution in [2.45, 2.75) is 12.5 Å². The van der Waals surface area contributed by atoms with Crippen molar-refractivity contribution in [2.24, 2.45) is 0 Å². The minimum Gasteiger partial charge on any atom is -0.289 e. The number of hydrogen-bond donors (Lipinski definition) is 0. The van der Waals surface area contributed by atoms with Gasteiger partial charge in [-0.2, -0.15) is 0 Å². The summed E-state index contributed by atoms with van der Waals surface area (Å²) >= 11 is 6.24. The number of para-hydroxylation sites is 1. The number of nitro groups is 1. The standard InChI is InChI=1S/C14H12N2O5S3/c17-13-12(7-9-3-1-2-4-11(9)16(18)19)23-14(22)15(13)10-5-6-24(20,21)8-10/h1-4,7,10H,5-6,8H2/b12-7-/t10-/m1/s1. The second-order valence-corrected chi connectivity index (χ2v) is 9.33. The van der Waals surface area contributed by atoms with Crippen LogP contribution in [0.3, 0.4) is 0 Å². The van der Waals surface area contributed by atoms with Crippen molar-refractivity contribution in [2.75, 3.05) is 11.5 Å². The molecule has 1 aromatic carbocycles. The van der Waals surface area contributed by atoms with Gasteiger partial charge >= 0.3 is 0 Å². The van der Waals surface area contributed by atoms with Gasteiger partial charge in [-0.25, -0.2) is 8.42 Å². The molecule has 0 spiro atoms. The predicted octanol–water partition coefficient (Wildman–Crippen LogP) is 1.98. The molecule has 24 heavy (non-hydrogen) atoms. The van der Waals surface area contributed by atoms with E-state index in [9.17, 15) is 23.3 Å². The normalized spacial score (nSPS) is 24.8. The maximum absolute atomic E-state index is 12.6. The van der Waals surface area contributed by atoms with Gasteiger partial charge < -0.3 is 0 Å². The van der Waals surface area contributed by atoms with Crippen LogP contribution in [0.5, 0.6) is 0 Å². The molecular formula is C14H12N2O5S3. The number of hydrogen-bond acceptors (Lipinski definition) is 7. The number of nitrogens with zero attached hydrogens (tertiary/aromatic N) is 2. The van der Waals surface area contributed by atoms with Crippen LogP contribution >= 0.6 is 24.0 Å². The highest BCUT2D eigenvalue weighted by molar-refractivity contribution is 8.26. The Balaban J connectivity index is 1.91. The number of carbonyl (C=O) groups is 1. The van der Waals surface area contributed by atoms with Crippen LogP contribution in [0, 0.1) is 10.1 Å². The van der Waals surface area contributed by atoms with E-state index in [1.54, 1.807) is 18.2 Å². The molecule has 2 saturated heterocycles. The first-order chi connectivity index (χ1) is 11.3. The first kappa shape index (κ1) is 17.1. The number of nitro benzene ring substituents is 1. The first-order valence-corrected chi connectivity index (χ1v) is 10.0. The fraction of sp³-hybridized carbons (Fsp3) is 0.286. The molecule has 1 aromatic rings. The average Bonchev–Trinajstić information content (AvgIpc) is 2.99. The summed E-state index contributed by atoms with van der Waals surface area (Å²) in [5.74, 6) is -0.457. The third-order valence-electron chi connectivity index (χ3n) is 3.82. The summed E-state index contributed by atoms with van der Waals surface area (Å²) in [7, 11) is -3.15. The maximum atomic E-state index is 12.6. The van der Waals surface area contributed by atoms with E-state index in [0.29, 0.717) is 12.0 Å². The van der Waals surface area contributed by atoms with Crippen molar-refractivity contribution in [1.29, 1.82) is 0 Å². The van der Waals surface area contributed by atoms with Crippen LogP contribution in [-0.4, -0.2) is 46.0 Å². The maximum Gasteiger partial charge on any atom is 0.276 e. The number of sulfone groups is 1. The summed E-state index contributed by atoms with van der Waals surface area (Å²) in [5, 5.41) is 11.1. The molecule has 2 heterocycles. The van der Waals surface area contributed by atoms with Crippen molar-refractivity contribution >= 4 is 55.8 Å². The number of thiocarbonyl (C=S) groups is 1. The lowest BCUT2D eigenvalue weighted by Gasteiger charge is -2.20. The Kier molecular flexibility index (Phi) is 4.45. The van der Waals surface area contributed by atoms with Gasteiger partial charge in [0, 0.05) is 6.07 Å². The molecule has 0 radical (unpaired) electrons. The molecule has 3 rings (SSSR count). The summed E-state index contributed by atoms with van der Waals surface area (Å²) in [6.07, 6.45) is 1.79. The Labute approximate surface area is 147 Å². The molecule has 0 aromatic heterocycles. The van der Waals surface area contributed by atoms with E-state index < -0.39 is 26.7 Å². The highest BCUT2D eigenvalue weighted by Gasteiger charge is 2.42. The van der Waals surface area contributed by atoms with Gasteiger partial charge in [0.25, 0.3) is 11.6 Å². The topological polar surface area (TPSA) is 97.6 Å². The number of amides is 1. The molecule has 0 saturated carbocycles. The van der Waals surface area contributed by atoms with Crippen LogP contribution in [0.25, 0.3) is 6.08 Å². The van der Waals surface area contributed by atoms with Crippen LogP contribution in [0.2, 0.25) is 0 Å². The molecule has 7 nitrogen and oxygen atoms in total. The van der Waals surface area contributed by atoms with Gasteiger partial charge in [0.1, 0.15) is 4.32 Å². The molecule has 0 N–H and O–H groups in total. The van der Waals surface area contributed by atoms with Crippen LogP contribution in [0.4, 0.5) is 5.69 Å². The predicted molar refractivity (Wildman–Crippen MR) is 95.2 cm³/mol. The lowest BCUT2D eigenvalue weighted by atomic mass is 10.1. The Morgan fingerprint density at radius 2 is 2.08 bits per heavy atom. The summed E-state index contributed by atoms with van der Waals surface area (Å²) in [4.78, 5) is 24.7. The number of benzene rings is 1. The van der Waals surface area contributed by atoms with Crippen molar-refractivity contribution < 1.29 is 18.1 Å². The smallest absolute Gasteiger partial charge is 0.276 e. The van der Waals surface area contributed by atoms with Gasteiger partial charge in [-0.05, 0) is 18.6 Å². The minimum absolute atomic E-state index is 0.0396. The molecule has 0 unspecified atom stereocenters. The van der Waals surface area contributed by atoms with Gasteiger partial charge in [0.2, 0.25) is 0 Å². The zero-order valence-corrected chi connectivity index (χ0v) is 14.7. The lowest BCUT2D eigenvalue weighted by molar-refractivity contribution is -0.385.